The van der Waals surface area contributed by atoms with Crippen LogP contribution in [0.1, 0.15) is 31.3 Å². The molecule has 5 heteroatoms. The highest BCUT2D eigenvalue weighted by Crippen LogP contribution is 2.29. The minimum Gasteiger partial charge on any atom is -0.508 e. The number of benzene rings is 2. The van der Waals surface area contributed by atoms with Gasteiger partial charge in [0.2, 0.25) is 0 Å². The number of phenols is 1. The summed E-state index contributed by atoms with van der Waals surface area (Å²) in [5, 5.41) is 10.5. The third kappa shape index (κ3) is 3.45. The van der Waals surface area contributed by atoms with E-state index in [9.17, 15) is 9.90 Å². The number of phenolic OH excluding ortho intramolecular Hbond substituents is 1. The molecule has 130 valence electrons. The highest BCUT2D eigenvalue weighted by atomic mass is 16.5. The first-order valence-electron chi connectivity index (χ1n) is 8.28. The third-order valence-electron chi connectivity index (χ3n) is 3.74. The Morgan fingerprint density at radius 1 is 1.12 bits per heavy atom. The molecule has 0 bridgehead atoms. The largest absolute Gasteiger partial charge is 0.508 e. The van der Waals surface area contributed by atoms with Crippen LogP contribution >= 0.6 is 0 Å². The van der Waals surface area contributed by atoms with Crippen molar-refractivity contribution < 1.29 is 19.4 Å². The summed E-state index contributed by atoms with van der Waals surface area (Å²) in [6, 6.07) is 14.3. The summed E-state index contributed by atoms with van der Waals surface area (Å²) in [5.74, 6) is 0.520. The standard InChI is InChI=1S/C20H21NO4/c1-4-24-20(23)19-12-14-11-16(22)7-10-18(14)21(19)15-5-8-17(9-6-15)25-13(2)3/h5-13,22H,4H2,1-3H3. The van der Waals surface area contributed by atoms with Crippen LogP contribution in [0.4, 0.5) is 0 Å². The van der Waals surface area contributed by atoms with Crippen molar-refractivity contribution in [1.82, 2.24) is 4.57 Å². The van der Waals surface area contributed by atoms with Gasteiger partial charge < -0.3 is 19.1 Å². The number of carbonyl (C=O) groups is 1. The molecule has 0 amide bonds. The molecule has 0 aliphatic heterocycles. The smallest absolute Gasteiger partial charge is 0.355 e. The monoisotopic (exact) mass is 339 g/mol. The fourth-order valence-corrected chi connectivity index (χ4v) is 2.78. The first-order chi connectivity index (χ1) is 12.0. The van der Waals surface area contributed by atoms with Gasteiger partial charge in [0.25, 0.3) is 0 Å². The summed E-state index contributed by atoms with van der Waals surface area (Å²) in [4.78, 5) is 12.4. The Bertz CT molecular complexity index is 894. The number of fused-ring (bicyclic) bond motifs is 1. The predicted octanol–water partition coefficient (Wildman–Crippen LogP) is 4.30. The van der Waals surface area contributed by atoms with E-state index in [1.54, 1.807) is 31.2 Å². The first-order valence-corrected chi connectivity index (χ1v) is 8.28. The van der Waals surface area contributed by atoms with Crippen molar-refractivity contribution in [2.24, 2.45) is 0 Å². The second-order valence-electron chi connectivity index (χ2n) is 5.99. The van der Waals surface area contributed by atoms with Gasteiger partial charge in [0.05, 0.1) is 18.2 Å². The Labute approximate surface area is 146 Å². The van der Waals surface area contributed by atoms with Crippen LogP contribution in [0.15, 0.2) is 48.5 Å². The number of nitrogens with zero attached hydrogens (tertiary/aromatic N) is 1. The molecule has 0 aliphatic carbocycles. The molecular formula is C20H21NO4. The third-order valence-corrected chi connectivity index (χ3v) is 3.74. The van der Waals surface area contributed by atoms with Gasteiger partial charge in [0, 0.05) is 11.1 Å². The summed E-state index contributed by atoms with van der Waals surface area (Å²) in [5.41, 5.74) is 2.05. The zero-order chi connectivity index (χ0) is 18.0. The lowest BCUT2D eigenvalue weighted by atomic mass is 10.2. The normalized spacial score (nSPS) is 11.0. The summed E-state index contributed by atoms with van der Waals surface area (Å²) < 4.78 is 12.7. The molecule has 1 N–H and O–H groups in total. The van der Waals surface area contributed by atoms with Crippen LogP contribution in [0.3, 0.4) is 0 Å². The van der Waals surface area contributed by atoms with Crippen LogP contribution in [0.5, 0.6) is 11.5 Å². The number of esters is 1. The number of rotatable bonds is 5. The number of hydrogen-bond donors (Lipinski definition) is 1. The SMILES string of the molecule is CCOC(=O)c1cc2cc(O)ccc2n1-c1ccc(OC(C)C)cc1. The van der Waals surface area contributed by atoms with Crippen molar-refractivity contribution in [3.05, 3.63) is 54.2 Å². The highest BCUT2D eigenvalue weighted by molar-refractivity contribution is 5.97. The minimum absolute atomic E-state index is 0.0938. The molecule has 0 atom stereocenters. The summed E-state index contributed by atoms with van der Waals surface area (Å²) >= 11 is 0. The molecule has 0 saturated heterocycles. The van der Waals surface area contributed by atoms with E-state index in [4.69, 9.17) is 9.47 Å². The Morgan fingerprint density at radius 3 is 2.48 bits per heavy atom. The van der Waals surface area contributed by atoms with Crippen molar-refractivity contribution in [3.8, 4) is 17.2 Å². The summed E-state index contributed by atoms with van der Waals surface area (Å²) in [6.45, 7) is 6.01. The molecule has 5 nitrogen and oxygen atoms in total. The zero-order valence-electron chi connectivity index (χ0n) is 14.5. The van der Waals surface area contributed by atoms with Gasteiger partial charge in [0.1, 0.15) is 17.2 Å². The minimum atomic E-state index is -0.402. The van der Waals surface area contributed by atoms with E-state index in [0.717, 1.165) is 22.3 Å². The lowest BCUT2D eigenvalue weighted by Gasteiger charge is -2.13. The average Bonchev–Trinajstić information content (AvgIpc) is 2.94. The van der Waals surface area contributed by atoms with E-state index in [1.807, 2.05) is 42.7 Å². The maximum absolute atomic E-state index is 12.4. The van der Waals surface area contributed by atoms with Crippen LogP contribution in [0.2, 0.25) is 0 Å². The Morgan fingerprint density at radius 2 is 1.84 bits per heavy atom. The molecule has 0 aliphatic rings. The van der Waals surface area contributed by atoms with E-state index < -0.39 is 5.97 Å². The van der Waals surface area contributed by atoms with Gasteiger partial charge in [-0.2, -0.15) is 0 Å². The maximum atomic E-state index is 12.4. The molecule has 3 rings (SSSR count). The van der Waals surface area contributed by atoms with Crippen molar-refractivity contribution in [2.45, 2.75) is 26.9 Å². The average molecular weight is 339 g/mol. The predicted molar refractivity (Wildman–Crippen MR) is 96.7 cm³/mol. The Hall–Kier alpha value is -2.95. The molecule has 3 aromatic rings. The van der Waals surface area contributed by atoms with Crippen LogP contribution in [-0.4, -0.2) is 28.4 Å². The maximum Gasteiger partial charge on any atom is 0.355 e. The van der Waals surface area contributed by atoms with Gasteiger partial charge in [-0.15, -0.1) is 0 Å². The van der Waals surface area contributed by atoms with Crippen LogP contribution in [0, 0.1) is 0 Å². The van der Waals surface area contributed by atoms with Gasteiger partial charge in [-0.25, -0.2) is 4.79 Å². The van der Waals surface area contributed by atoms with Crippen molar-refractivity contribution in [3.63, 3.8) is 0 Å². The fraction of sp³-hybridized carbons (Fsp3) is 0.250. The first kappa shape index (κ1) is 16.9. The molecule has 1 aromatic heterocycles. The lowest BCUT2D eigenvalue weighted by molar-refractivity contribution is 0.0517. The molecule has 0 radical (unpaired) electrons. The number of carbonyl (C=O) groups excluding carboxylic acids is 1. The van der Waals surface area contributed by atoms with Gasteiger partial charge in [-0.3, -0.25) is 0 Å². The van der Waals surface area contributed by atoms with E-state index in [0.29, 0.717) is 12.3 Å². The highest BCUT2D eigenvalue weighted by Gasteiger charge is 2.18. The number of ether oxygens (including phenoxy) is 2. The molecule has 25 heavy (non-hydrogen) atoms. The molecule has 2 aromatic carbocycles. The second kappa shape index (κ2) is 6.89. The Balaban J connectivity index is 2.12. The molecule has 0 fully saturated rings. The summed E-state index contributed by atoms with van der Waals surface area (Å²) in [7, 11) is 0. The van der Waals surface area contributed by atoms with E-state index in [-0.39, 0.29) is 11.9 Å². The van der Waals surface area contributed by atoms with Gasteiger partial charge in [-0.1, -0.05) is 0 Å². The van der Waals surface area contributed by atoms with Gasteiger partial charge >= 0.3 is 5.97 Å². The lowest BCUT2D eigenvalue weighted by Crippen LogP contribution is -2.11. The topological polar surface area (TPSA) is 60.7 Å². The van der Waals surface area contributed by atoms with Crippen molar-refractivity contribution >= 4 is 16.9 Å². The molecule has 0 spiro atoms. The number of aromatic hydroxyl groups is 1. The van der Waals surface area contributed by atoms with Crippen molar-refractivity contribution in [2.75, 3.05) is 6.61 Å². The van der Waals surface area contributed by atoms with Crippen molar-refractivity contribution in [1.29, 1.82) is 0 Å². The summed E-state index contributed by atoms with van der Waals surface area (Å²) in [6.07, 6.45) is 0.0938. The fourth-order valence-electron chi connectivity index (χ4n) is 2.78. The number of aromatic nitrogens is 1. The molecule has 0 saturated carbocycles. The van der Waals surface area contributed by atoms with E-state index in [2.05, 4.69) is 0 Å². The molecular weight excluding hydrogens is 318 g/mol. The van der Waals surface area contributed by atoms with E-state index in [1.165, 1.54) is 0 Å². The van der Waals surface area contributed by atoms with Crippen LogP contribution in [0.25, 0.3) is 16.6 Å². The van der Waals surface area contributed by atoms with Gasteiger partial charge in [-0.05, 0) is 69.3 Å². The second-order valence-corrected chi connectivity index (χ2v) is 5.99. The van der Waals surface area contributed by atoms with Crippen LogP contribution in [-0.2, 0) is 4.74 Å². The van der Waals surface area contributed by atoms with Crippen LogP contribution < -0.4 is 4.74 Å². The molecule has 0 unspecified atom stereocenters. The zero-order valence-corrected chi connectivity index (χ0v) is 14.5. The Kier molecular flexibility index (Phi) is 4.65. The van der Waals surface area contributed by atoms with Gasteiger partial charge in [0.15, 0.2) is 0 Å². The number of hydrogen-bond acceptors (Lipinski definition) is 4. The van der Waals surface area contributed by atoms with E-state index >= 15 is 0 Å². The quantitative estimate of drug-likeness (QED) is 0.704. The molecule has 1 heterocycles.